The van der Waals surface area contributed by atoms with Gasteiger partial charge >= 0.3 is 0 Å². The van der Waals surface area contributed by atoms with E-state index in [9.17, 15) is 0 Å². The number of anilines is 1. The number of rotatable bonds is 4. The Kier molecular flexibility index (Phi) is 4.75. The standard InChI is InChI=1S/C21H21N5OS2/c1-11-3-6-13(7-4-11)19-26-25-16(27-19)10-28-21-23-18(22)17-14-8-5-12(2)9-15(14)29-20(17)24-21/h3-4,6-7,12H,5,8-10H2,1-2H3,(H2,22,23,24). The summed E-state index contributed by atoms with van der Waals surface area (Å²) in [6, 6.07) is 8.02. The molecule has 1 aromatic carbocycles. The van der Waals surface area contributed by atoms with Crippen molar-refractivity contribution < 1.29 is 4.42 Å². The fourth-order valence-electron chi connectivity index (χ4n) is 3.67. The first-order valence-electron chi connectivity index (χ1n) is 9.67. The van der Waals surface area contributed by atoms with Gasteiger partial charge in [-0.25, -0.2) is 9.97 Å². The Labute approximate surface area is 177 Å². The fraction of sp³-hybridized carbons (Fsp3) is 0.333. The highest BCUT2D eigenvalue weighted by Gasteiger charge is 2.23. The molecule has 0 aliphatic heterocycles. The Morgan fingerprint density at radius 2 is 2.03 bits per heavy atom. The molecule has 1 aliphatic carbocycles. The van der Waals surface area contributed by atoms with Gasteiger partial charge in [-0.05, 0) is 49.8 Å². The van der Waals surface area contributed by atoms with Crippen molar-refractivity contribution in [1.82, 2.24) is 20.2 Å². The van der Waals surface area contributed by atoms with Crippen LogP contribution in [-0.4, -0.2) is 20.2 Å². The molecular weight excluding hydrogens is 402 g/mol. The molecule has 0 radical (unpaired) electrons. The van der Waals surface area contributed by atoms with Crippen molar-refractivity contribution in [3.63, 3.8) is 0 Å². The van der Waals surface area contributed by atoms with E-state index in [1.165, 1.54) is 34.2 Å². The third-order valence-electron chi connectivity index (χ3n) is 5.25. The molecule has 4 aromatic rings. The lowest BCUT2D eigenvalue weighted by molar-refractivity contribution is 0.509. The van der Waals surface area contributed by atoms with E-state index in [-0.39, 0.29) is 0 Å². The van der Waals surface area contributed by atoms with E-state index >= 15 is 0 Å². The van der Waals surface area contributed by atoms with E-state index in [4.69, 9.17) is 15.1 Å². The number of hydrogen-bond donors (Lipinski definition) is 1. The van der Waals surface area contributed by atoms with Gasteiger partial charge in [0.15, 0.2) is 5.16 Å². The lowest BCUT2D eigenvalue weighted by atomic mass is 9.89. The molecule has 3 aromatic heterocycles. The number of fused-ring (bicyclic) bond motifs is 3. The number of aryl methyl sites for hydroxylation is 2. The van der Waals surface area contributed by atoms with Gasteiger partial charge in [0, 0.05) is 10.4 Å². The molecule has 148 valence electrons. The van der Waals surface area contributed by atoms with E-state index in [2.05, 4.69) is 22.1 Å². The first kappa shape index (κ1) is 18.6. The average Bonchev–Trinajstić information content (AvgIpc) is 3.31. The zero-order valence-electron chi connectivity index (χ0n) is 16.3. The molecule has 6 nitrogen and oxygen atoms in total. The predicted molar refractivity (Wildman–Crippen MR) is 117 cm³/mol. The highest BCUT2D eigenvalue weighted by molar-refractivity contribution is 7.98. The van der Waals surface area contributed by atoms with Crippen molar-refractivity contribution in [1.29, 1.82) is 0 Å². The number of hydrogen-bond acceptors (Lipinski definition) is 8. The van der Waals surface area contributed by atoms with E-state index in [1.807, 2.05) is 31.2 Å². The zero-order chi connectivity index (χ0) is 20.0. The maximum Gasteiger partial charge on any atom is 0.247 e. The second kappa shape index (κ2) is 7.42. The van der Waals surface area contributed by atoms with Crippen LogP contribution in [-0.2, 0) is 18.6 Å². The van der Waals surface area contributed by atoms with Crippen molar-refractivity contribution >= 4 is 39.1 Å². The van der Waals surface area contributed by atoms with Gasteiger partial charge in [-0.1, -0.05) is 36.4 Å². The number of thiophene rings is 1. The Hall–Kier alpha value is -2.45. The molecule has 29 heavy (non-hydrogen) atoms. The molecular formula is C21H21N5OS2. The molecule has 0 saturated heterocycles. The Morgan fingerprint density at radius 1 is 1.21 bits per heavy atom. The van der Waals surface area contributed by atoms with Crippen LogP contribution >= 0.6 is 23.1 Å². The lowest BCUT2D eigenvalue weighted by Gasteiger charge is -2.17. The van der Waals surface area contributed by atoms with Gasteiger partial charge < -0.3 is 10.2 Å². The molecule has 0 bridgehead atoms. The number of aromatic nitrogens is 4. The first-order chi connectivity index (χ1) is 14.1. The molecule has 0 saturated carbocycles. The summed E-state index contributed by atoms with van der Waals surface area (Å²) in [6.07, 6.45) is 3.39. The van der Waals surface area contributed by atoms with Gasteiger partial charge in [-0.2, -0.15) is 0 Å². The van der Waals surface area contributed by atoms with E-state index in [0.29, 0.717) is 28.5 Å². The van der Waals surface area contributed by atoms with E-state index in [0.717, 1.165) is 34.5 Å². The van der Waals surface area contributed by atoms with E-state index < -0.39 is 0 Å². The van der Waals surface area contributed by atoms with Crippen LogP contribution < -0.4 is 5.73 Å². The van der Waals surface area contributed by atoms with Crippen molar-refractivity contribution in [3.8, 4) is 11.5 Å². The van der Waals surface area contributed by atoms with Gasteiger partial charge in [0.25, 0.3) is 0 Å². The van der Waals surface area contributed by atoms with Crippen LogP contribution in [0.3, 0.4) is 0 Å². The zero-order valence-corrected chi connectivity index (χ0v) is 17.9. The minimum absolute atomic E-state index is 0.506. The minimum atomic E-state index is 0.506. The second-order valence-corrected chi connectivity index (χ2v) is 9.61. The van der Waals surface area contributed by atoms with Gasteiger partial charge in [0.2, 0.25) is 11.8 Å². The number of thioether (sulfide) groups is 1. The molecule has 1 unspecified atom stereocenters. The third-order valence-corrected chi connectivity index (χ3v) is 7.23. The minimum Gasteiger partial charge on any atom is -0.420 e. The van der Waals surface area contributed by atoms with Crippen LogP contribution in [0.15, 0.2) is 33.8 Å². The van der Waals surface area contributed by atoms with Crippen LogP contribution in [0.4, 0.5) is 5.82 Å². The normalized spacial score (nSPS) is 16.3. The van der Waals surface area contributed by atoms with Crippen molar-refractivity contribution in [2.45, 2.75) is 44.0 Å². The predicted octanol–water partition coefficient (Wildman–Crippen LogP) is 5.05. The van der Waals surface area contributed by atoms with Crippen LogP contribution in [0.2, 0.25) is 0 Å². The van der Waals surface area contributed by atoms with Crippen LogP contribution in [0.25, 0.3) is 21.7 Å². The van der Waals surface area contributed by atoms with Gasteiger partial charge in [-0.3, -0.25) is 0 Å². The number of nitrogens with two attached hydrogens (primary N) is 1. The number of nitrogen functional groups attached to an aromatic ring is 1. The first-order valence-corrected chi connectivity index (χ1v) is 11.5. The lowest BCUT2D eigenvalue weighted by Crippen LogP contribution is -2.09. The molecule has 1 atom stereocenters. The van der Waals surface area contributed by atoms with Gasteiger partial charge in [0.05, 0.1) is 11.1 Å². The van der Waals surface area contributed by atoms with Crippen LogP contribution in [0, 0.1) is 12.8 Å². The smallest absolute Gasteiger partial charge is 0.247 e. The quantitative estimate of drug-likeness (QED) is 0.363. The average molecular weight is 424 g/mol. The highest BCUT2D eigenvalue weighted by atomic mass is 32.2. The van der Waals surface area contributed by atoms with Gasteiger partial charge in [0.1, 0.15) is 10.6 Å². The fourth-order valence-corrected chi connectivity index (χ4v) is 5.80. The van der Waals surface area contributed by atoms with Crippen LogP contribution in [0.5, 0.6) is 0 Å². The molecule has 8 heteroatoms. The van der Waals surface area contributed by atoms with Gasteiger partial charge in [-0.15, -0.1) is 21.5 Å². The largest absolute Gasteiger partial charge is 0.420 e. The SMILES string of the molecule is Cc1ccc(-c2nnc(CSc3nc(N)c4c5c(sc4n3)CC(C)CC5)o2)cc1. The summed E-state index contributed by atoms with van der Waals surface area (Å²) >= 11 is 3.23. The topological polar surface area (TPSA) is 90.7 Å². The maximum absolute atomic E-state index is 6.31. The maximum atomic E-state index is 6.31. The second-order valence-electron chi connectivity index (χ2n) is 7.58. The summed E-state index contributed by atoms with van der Waals surface area (Å²) in [5, 5.41) is 10.0. The molecule has 3 heterocycles. The third kappa shape index (κ3) is 3.62. The summed E-state index contributed by atoms with van der Waals surface area (Å²) < 4.78 is 5.80. The van der Waals surface area contributed by atoms with Crippen LogP contribution in [0.1, 0.15) is 35.2 Å². The molecule has 2 N–H and O–H groups in total. The molecule has 0 spiro atoms. The Balaban J connectivity index is 1.35. The molecule has 0 amide bonds. The molecule has 5 rings (SSSR count). The summed E-state index contributed by atoms with van der Waals surface area (Å²) in [4.78, 5) is 11.7. The Morgan fingerprint density at radius 3 is 2.86 bits per heavy atom. The number of benzene rings is 1. The summed E-state index contributed by atoms with van der Waals surface area (Å²) in [5.41, 5.74) is 9.78. The summed E-state index contributed by atoms with van der Waals surface area (Å²) in [6.45, 7) is 4.35. The molecule has 1 aliphatic rings. The van der Waals surface area contributed by atoms with Crippen molar-refractivity contribution in [3.05, 3.63) is 46.2 Å². The summed E-state index contributed by atoms with van der Waals surface area (Å²) in [7, 11) is 0. The monoisotopic (exact) mass is 423 g/mol. The number of nitrogens with zero attached hydrogens (tertiary/aromatic N) is 4. The van der Waals surface area contributed by atoms with Crippen molar-refractivity contribution in [2.24, 2.45) is 5.92 Å². The highest BCUT2D eigenvalue weighted by Crippen LogP contribution is 2.40. The Bertz CT molecular complexity index is 1180. The summed E-state index contributed by atoms with van der Waals surface area (Å²) in [5.74, 6) is 2.88. The van der Waals surface area contributed by atoms with Crippen molar-refractivity contribution in [2.75, 3.05) is 5.73 Å². The molecule has 0 fully saturated rings. The van der Waals surface area contributed by atoms with E-state index in [1.54, 1.807) is 11.3 Å².